The molecule has 156 valence electrons. The van der Waals surface area contributed by atoms with E-state index in [0.717, 1.165) is 11.1 Å². The molecule has 0 saturated heterocycles. The third kappa shape index (κ3) is 4.46. The predicted molar refractivity (Wildman–Crippen MR) is 114 cm³/mol. The summed E-state index contributed by atoms with van der Waals surface area (Å²) in [5.41, 5.74) is 2.13. The number of anilines is 1. The number of rotatable bonds is 3. The van der Waals surface area contributed by atoms with Gasteiger partial charge in [-0.25, -0.2) is 14.6 Å². The van der Waals surface area contributed by atoms with Crippen LogP contribution in [0.2, 0.25) is 0 Å². The van der Waals surface area contributed by atoms with Gasteiger partial charge in [0.1, 0.15) is 11.4 Å². The van der Waals surface area contributed by atoms with E-state index in [2.05, 4.69) is 27.0 Å². The first-order valence-electron chi connectivity index (χ1n) is 9.42. The van der Waals surface area contributed by atoms with Crippen molar-refractivity contribution < 1.29 is 19.1 Å². The maximum atomic E-state index is 12.5. The summed E-state index contributed by atoms with van der Waals surface area (Å²) in [6.07, 6.45) is 0.572. The number of methoxy groups -OCH3 is 1. The Kier molecular flexibility index (Phi) is 6.13. The van der Waals surface area contributed by atoms with E-state index in [4.69, 9.17) is 9.47 Å². The van der Waals surface area contributed by atoms with Crippen molar-refractivity contribution in [1.29, 1.82) is 5.26 Å². The van der Waals surface area contributed by atoms with Gasteiger partial charge in [0.2, 0.25) is 0 Å². The van der Waals surface area contributed by atoms with Crippen molar-refractivity contribution in [2.24, 2.45) is 0 Å². The van der Waals surface area contributed by atoms with Crippen LogP contribution in [0.1, 0.15) is 58.3 Å². The number of nitrogens with zero attached hydrogens (tertiary/aromatic N) is 3. The minimum Gasteiger partial charge on any atom is -0.465 e. The van der Waals surface area contributed by atoms with Gasteiger partial charge < -0.3 is 14.4 Å². The first-order chi connectivity index (χ1) is 14.1. The van der Waals surface area contributed by atoms with Crippen LogP contribution in [0.3, 0.4) is 0 Å². The number of fused-ring (bicyclic) bond motifs is 1. The Morgan fingerprint density at radius 3 is 2.53 bits per heavy atom. The number of pyridine rings is 1. The average Bonchev–Trinajstić information content (AvgIpc) is 2.71. The fourth-order valence-corrected chi connectivity index (χ4v) is 3.74. The van der Waals surface area contributed by atoms with Crippen LogP contribution in [0.25, 0.3) is 0 Å². The molecule has 0 atom stereocenters. The maximum absolute atomic E-state index is 12.5. The number of carbonyl (C=O) groups excluding carboxylic acids is 2. The van der Waals surface area contributed by atoms with Gasteiger partial charge in [-0.05, 0) is 78.5 Å². The first-order valence-corrected chi connectivity index (χ1v) is 10.2. The Balaban J connectivity index is 1.98. The van der Waals surface area contributed by atoms with Gasteiger partial charge in [0.05, 0.1) is 28.8 Å². The fraction of sp³-hybridized carbons (Fsp3) is 0.364. The summed E-state index contributed by atoms with van der Waals surface area (Å²) < 4.78 is 10.9. The molecular formula is C22H22BrN3O4. The summed E-state index contributed by atoms with van der Waals surface area (Å²) in [6, 6.07) is 9.02. The zero-order valence-electron chi connectivity index (χ0n) is 17.3. The topological polar surface area (TPSA) is 92.5 Å². The summed E-state index contributed by atoms with van der Waals surface area (Å²) in [5, 5.41) is 9.44. The third-order valence-electron chi connectivity index (χ3n) is 4.69. The summed E-state index contributed by atoms with van der Waals surface area (Å²) in [7, 11) is 1.33. The number of hydrogen-bond donors (Lipinski definition) is 0. The van der Waals surface area contributed by atoms with Crippen molar-refractivity contribution in [3.05, 3.63) is 56.7 Å². The summed E-state index contributed by atoms with van der Waals surface area (Å²) in [6.45, 7) is 6.36. The van der Waals surface area contributed by atoms with Crippen molar-refractivity contribution in [1.82, 2.24) is 4.98 Å². The lowest BCUT2D eigenvalue weighted by atomic mass is 9.91. The summed E-state index contributed by atoms with van der Waals surface area (Å²) >= 11 is 3.37. The van der Waals surface area contributed by atoms with E-state index in [9.17, 15) is 14.9 Å². The number of nitriles is 1. The highest BCUT2D eigenvalue weighted by molar-refractivity contribution is 9.10. The highest BCUT2D eigenvalue weighted by Gasteiger charge is 2.27. The Bertz CT molecular complexity index is 1050. The predicted octanol–water partition coefficient (Wildman–Crippen LogP) is 4.02. The van der Waals surface area contributed by atoms with Crippen LogP contribution in [-0.4, -0.2) is 36.2 Å². The molecule has 0 radical (unpaired) electrons. The van der Waals surface area contributed by atoms with Crippen LogP contribution in [0.15, 0.2) is 28.7 Å². The molecule has 1 aromatic carbocycles. The molecule has 0 fully saturated rings. The molecule has 8 heteroatoms. The van der Waals surface area contributed by atoms with Gasteiger partial charge in [0.25, 0.3) is 0 Å². The Morgan fingerprint density at radius 1 is 1.17 bits per heavy atom. The average molecular weight is 472 g/mol. The van der Waals surface area contributed by atoms with Gasteiger partial charge in [-0.2, -0.15) is 5.26 Å². The van der Waals surface area contributed by atoms with Crippen LogP contribution in [-0.2, 0) is 22.4 Å². The number of halogens is 1. The molecule has 7 nitrogen and oxygen atoms in total. The smallest absolute Gasteiger partial charge is 0.358 e. The van der Waals surface area contributed by atoms with E-state index in [1.807, 2.05) is 4.90 Å². The number of carbonyl (C=O) groups is 2. The molecule has 0 N–H and O–H groups in total. The van der Waals surface area contributed by atoms with E-state index >= 15 is 0 Å². The lowest BCUT2D eigenvalue weighted by Crippen LogP contribution is -2.33. The van der Waals surface area contributed by atoms with Crippen LogP contribution >= 0.6 is 15.9 Å². The molecule has 1 aromatic heterocycles. The first kappa shape index (κ1) is 21.8. The van der Waals surface area contributed by atoms with Gasteiger partial charge >= 0.3 is 11.9 Å². The normalized spacial score (nSPS) is 13.3. The van der Waals surface area contributed by atoms with Crippen molar-refractivity contribution >= 4 is 33.7 Å². The largest absolute Gasteiger partial charge is 0.465 e. The maximum Gasteiger partial charge on any atom is 0.358 e. The molecule has 2 aromatic rings. The fourth-order valence-electron chi connectivity index (χ4n) is 3.35. The van der Waals surface area contributed by atoms with Gasteiger partial charge in [-0.15, -0.1) is 0 Å². The lowest BCUT2D eigenvalue weighted by molar-refractivity contribution is 0.00616. The zero-order valence-corrected chi connectivity index (χ0v) is 18.9. The monoisotopic (exact) mass is 471 g/mol. The number of benzene rings is 1. The Hall–Kier alpha value is -2.92. The van der Waals surface area contributed by atoms with Gasteiger partial charge in [-0.3, -0.25) is 0 Å². The summed E-state index contributed by atoms with van der Waals surface area (Å²) in [4.78, 5) is 31.3. The second-order valence-corrected chi connectivity index (χ2v) is 8.75. The van der Waals surface area contributed by atoms with Gasteiger partial charge in [-0.1, -0.05) is 0 Å². The van der Waals surface area contributed by atoms with Gasteiger partial charge in [0, 0.05) is 13.1 Å². The highest BCUT2D eigenvalue weighted by atomic mass is 79.9. The van der Waals surface area contributed by atoms with Gasteiger partial charge in [0.15, 0.2) is 5.69 Å². The van der Waals surface area contributed by atoms with Crippen LogP contribution in [0, 0.1) is 11.3 Å². The molecule has 0 unspecified atom stereocenters. The quantitative estimate of drug-likeness (QED) is 0.623. The molecule has 0 saturated carbocycles. The zero-order chi connectivity index (χ0) is 22.1. The number of esters is 2. The molecular weight excluding hydrogens is 450 g/mol. The second kappa shape index (κ2) is 8.44. The Labute approximate surface area is 183 Å². The van der Waals surface area contributed by atoms with Crippen LogP contribution in [0.5, 0.6) is 0 Å². The van der Waals surface area contributed by atoms with Crippen molar-refractivity contribution in [2.75, 3.05) is 18.6 Å². The minimum absolute atomic E-state index is 0.187. The van der Waals surface area contributed by atoms with E-state index in [1.54, 1.807) is 45.0 Å². The molecule has 0 amide bonds. The van der Waals surface area contributed by atoms with E-state index in [0.29, 0.717) is 40.9 Å². The van der Waals surface area contributed by atoms with Crippen molar-refractivity contribution in [2.45, 2.75) is 39.3 Å². The lowest BCUT2D eigenvalue weighted by Gasteiger charge is -2.31. The molecule has 30 heavy (non-hydrogen) atoms. The SMILES string of the molecule is COC(=O)c1ccc(C#N)c2c1CN(c1ccc(Br)c(C(=O)OC(C)(C)C)n1)CC2. The minimum atomic E-state index is -0.638. The second-order valence-electron chi connectivity index (χ2n) is 7.89. The summed E-state index contributed by atoms with van der Waals surface area (Å²) in [5.74, 6) is -0.380. The molecule has 0 aliphatic carbocycles. The molecule has 1 aliphatic rings. The molecule has 0 spiro atoms. The molecule has 3 rings (SSSR count). The molecule has 1 aliphatic heterocycles. The van der Waals surface area contributed by atoms with E-state index < -0.39 is 17.5 Å². The highest BCUT2D eigenvalue weighted by Crippen LogP contribution is 2.30. The Morgan fingerprint density at radius 2 is 1.90 bits per heavy atom. The van der Waals surface area contributed by atoms with Crippen LogP contribution < -0.4 is 4.90 Å². The number of aromatic nitrogens is 1. The molecule has 0 bridgehead atoms. The van der Waals surface area contributed by atoms with E-state index in [-0.39, 0.29) is 5.69 Å². The number of ether oxygens (including phenoxy) is 2. The molecule has 2 heterocycles. The number of hydrogen-bond acceptors (Lipinski definition) is 7. The van der Waals surface area contributed by atoms with E-state index in [1.165, 1.54) is 7.11 Å². The standard InChI is InChI=1S/C22H22BrN3O4/c1-22(2,3)30-21(28)19-17(23)7-8-18(25-19)26-10-9-14-13(11-24)5-6-15(16(14)12-26)20(27)29-4/h5-8H,9-10,12H2,1-4H3. The van der Waals surface area contributed by atoms with Crippen molar-refractivity contribution in [3.63, 3.8) is 0 Å². The van der Waals surface area contributed by atoms with Crippen LogP contribution in [0.4, 0.5) is 5.82 Å². The third-order valence-corrected chi connectivity index (χ3v) is 5.33. The van der Waals surface area contributed by atoms with Crippen molar-refractivity contribution in [3.8, 4) is 6.07 Å².